The molecule has 1 heterocycles. The SMILES string of the molecule is CN(C)C(=O)c1ccc2c(c1)N(C)[C@H](CC(=O)NCC(C)(C)C(=O)O)CO2. The number of likely N-dealkylation sites (N-methyl/N-ethyl adjacent to an activating group) is 1. The van der Waals surface area contributed by atoms with Crippen molar-refractivity contribution in [2.75, 3.05) is 39.2 Å². The van der Waals surface area contributed by atoms with E-state index in [-0.39, 0.29) is 30.8 Å². The number of carbonyl (C=O) groups excluding carboxylic acids is 2. The van der Waals surface area contributed by atoms with Gasteiger partial charge in [0.15, 0.2) is 0 Å². The van der Waals surface area contributed by atoms with Crippen LogP contribution in [0.2, 0.25) is 0 Å². The lowest BCUT2D eigenvalue weighted by molar-refractivity contribution is -0.146. The van der Waals surface area contributed by atoms with Crippen molar-refractivity contribution in [3.05, 3.63) is 23.8 Å². The summed E-state index contributed by atoms with van der Waals surface area (Å²) in [6, 6.07) is 5.02. The number of carbonyl (C=O) groups is 3. The average molecular weight is 377 g/mol. The molecule has 1 aromatic carbocycles. The predicted molar refractivity (Wildman–Crippen MR) is 101 cm³/mol. The second-order valence-electron chi connectivity index (χ2n) is 7.63. The lowest BCUT2D eigenvalue weighted by Gasteiger charge is -2.36. The second-order valence-corrected chi connectivity index (χ2v) is 7.63. The van der Waals surface area contributed by atoms with Crippen LogP contribution >= 0.6 is 0 Å². The number of carboxylic acid groups (broad SMARTS) is 1. The summed E-state index contributed by atoms with van der Waals surface area (Å²) in [6.07, 6.45) is 0.164. The zero-order valence-electron chi connectivity index (χ0n) is 16.4. The molecule has 1 aliphatic heterocycles. The average Bonchev–Trinajstić information content (AvgIpc) is 2.61. The first-order valence-corrected chi connectivity index (χ1v) is 8.74. The van der Waals surface area contributed by atoms with Gasteiger partial charge < -0.3 is 25.0 Å². The van der Waals surface area contributed by atoms with Crippen molar-refractivity contribution in [1.29, 1.82) is 0 Å². The minimum absolute atomic E-state index is 0.0521. The van der Waals surface area contributed by atoms with Gasteiger partial charge in [-0.05, 0) is 32.0 Å². The summed E-state index contributed by atoms with van der Waals surface area (Å²) in [5, 5.41) is 11.8. The number of fused-ring (bicyclic) bond motifs is 1. The molecule has 0 radical (unpaired) electrons. The van der Waals surface area contributed by atoms with Crippen LogP contribution in [0.4, 0.5) is 5.69 Å². The number of ether oxygens (including phenoxy) is 1. The summed E-state index contributed by atoms with van der Waals surface area (Å²) in [5.41, 5.74) is 0.263. The first kappa shape index (κ1) is 20.5. The molecule has 2 rings (SSSR count). The first-order valence-electron chi connectivity index (χ1n) is 8.74. The molecule has 27 heavy (non-hydrogen) atoms. The minimum atomic E-state index is -1.03. The van der Waals surface area contributed by atoms with Gasteiger partial charge in [-0.1, -0.05) is 0 Å². The third kappa shape index (κ3) is 4.69. The molecule has 0 saturated carbocycles. The topological polar surface area (TPSA) is 99.2 Å². The van der Waals surface area contributed by atoms with Crippen molar-refractivity contribution in [2.24, 2.45) is 5.41 Å². The van der Waals surface area contributed by atoms with E-state index < -0.39 is 11.4 Å². The van der Waals surface area contributed by atoms with Crippen molar-refractivity contribution in [3.8, 4) is 5.75 Å². The lowest BCUT2D eigenvalue weighted by Crippen LogP contribution is -2.45. The smallest absolute Gasteiger partial charge is 0.310 e. The molecular formula is C19H27N3O5. The van der Waals surface area contributed by atoms with Gasteiger partial charge in [0.2, 0.25) is 5.91 Å². The van der Waals surface area contributed by atoms with E-state index in [0.29, 0.717) is 17.9 Å². The van der Waals surface area contributed by atoms with Crippen LogP contribution in [0.3, 0.4) is 0 Å². The van der Waals surface area contributed by atoms with Crippen molar-refractivity contribution < 1.29 is 24.2 Å². The van der Waals surface area contributed by atoms with Gasteiger partial charge in [-0.25, -0.2) is 0 Å². The number of amides is 2. The molecular weight excluding hydrogens is 350 g/mol. The molecule has 0 spiro atoms. The molecule has 0 bridgehead atoms. The van der Waals surface area contributed by atoms with Crippen molar-refractivity contribution in [3.63, 3.8) is 0 Å². The highest BCUT2D eigenvalue weighted by atomic mass is 16.5. The van der Waals surface area contributed by atoms with Crippen molar-refractivity contribution in [1.82, 2.24) is 10.2 Å². The number of aliphatic carboxylic acids is 1. The van der Waals surface area contributed by atoms with Gasteiger partial charge in [-0.2, -0.15) is 0 Å². The Labute approximate surface area is 159 Å². The van der Waals surface area contributed by atoms with Crippen LogP contribution in [-0.4, -0.2) is 68.1 Å². The summed E-state index contributed by atoms with van der Waals surface area (Å²) in [4.78, 5) is 39.0. The molecule has 1 atom stereocenters. The van der Waals surface area contributed by atoms with Gasteiger partial charge >= 0.3 is 5.97 Å². The van der Waals surface area contributed by atoms with Gasteiger partial charge in [0, 0.05) is 33.3 Å². The molecule has 0 saturated heterocycles. The molecule has 1 aliphatic rings. The van der Waals surface area contributed by atoms with Gasteiger partial charge in [0.05, 0.1) is 23.6 Å². The maximum atomic E-state index is 12.3. The highest BCUT2D eigenvalue weighted by Gasteiger charge is 2.30. The van der Waals surface area contributed by atoms with Gasteiger partial charge in [-0.3, -0.25) is 14.4 Å². The number of hydrogen-bond acceptors (Lipinski definition) is 5. The third-order valence-electron chi connectivity index (χ3n) is 4.70. The van der Waals surface area contributed by atoms with E-state index in [2.05, 4.69) is 5.32 Å². The van der Waals surface area contributed by atoms with Gasteiger partial charge in [0.25, 0.3) is 5.91 Å². The Kier molecular flexibility index (Phi) is 5.98. The monoisotopic (exact) mass is 377 g/mol. The maximum absolute atomic E-state index is 12.3. The van der Waals surface area contributed by atoms with Crippen LogP contribution in [0.1, 0.15) is 30.6 Å². The van der Waals surface area contributed by atoms with Crippen molar-refractivity contribution in [2.45, 2.75) is 26.3 Å². The Morgan fingerprint density at radius 2 is 2.00 bits per heavy atom. The highest BCUT2D eigenvalue weighted by Crippen LogP contribution is 2.34. The van der Waals surface area contributed by atoms with Crippen molar-refractivity contribution >= 4 is 23.5 Å². The molecule has 8 heteroatoms. The fourth-order valence-electron chi connectivity index (χ4n) is 2.68. The Balaban J connectivity index is 2.06. The number of carboxylic acids is 1. The first-order chi connectivity index (χ1) is 12.5. The zero-order valence-corrected chi connectivity index (χ0v) is 16.4. The normalized spacial score (nSPS) is 16.2. The van der Waals surface area contributed by atoms with Crippen LogP contribution < -0.4 is 15.0 Å². The number of hydrogen-bond donors (Lipinski definition) is 2. The van der Waals surface area contributed by atoms with Crippen LogP contribution in [0.15, 0.2) is 18.2 Å². The van der Waals surface area contributed by atoms with Crippen LogP contribution in [-0.2, 0) is 9.59 Å². The fourth-order valence-corrected chi connectivity index (χ4v) is 2.68. The Hall–Kier alpha value is -2.77. The summed E-state index contributed by atoms with van der Waals surface area (Å²) in [6.45, 7) is 3.51. The minimum Gasteiger partial charge on any atom is -0.489 e. The van der Waals surface area contributed by atoms with Gasteiger partial charge in [0.1, 0.15) is 12.4 Å². The molecule has 2 N–H and O–H groups in total. The molecule has 0 unspecified atom stereocenters. The summed E-state index contributed by atoms with van der Waals surface area (Å²) in [5.74, 6) is -0.653. The number of nitrogens with zero attached hydrogens (tertiary/aromatic N) is 2. The van der Waals surface area contributed by atoms with E-state index >= 15 is 0 Å². The predicted octanol–water partition coefficient (Wildman–Crippen LogP) is 1.20. The molecule has 0 aliphatic carbocycles. The van der Waals surface area contributed by atoms with E-state index in [1.165, 1.54) is 4.90 Å². The second kappa shape index (κ2) is 7.85. The molecule has 1 aromatic rings. The molecule has 0 aromatic heterocycles. The Bertz CT molecular complexity index is 745. The number of nitrogens with one attached hydrogen (secondary N) is 1. The summed E-state index contributed by atoms with van der Waals surface area (Å²) >= 11 is 0. The molecule has 8 nitrogen and oxygen atoms in total. The van der Waals surface area contributed by atoms with E-state index in [4.69, 9.17) is 9.84 Å². The largest absolute Gasteiger partial charge is 0.489 e. The lowest BCUT2D eigenvalue weighted by atomic mass is 9.94. The Morgan fingerprint density at radius 3 is 2.59 bits per heavy atom. The summed E-state index contributed by atoms with van der Waals surface area (Å²) < 4.78 is 5.75. The fraction of sp³-hybridized carbons (Fsp3) is 0.526. The number of rotatable bonds is 6. The van der Waals surface area contributed by atoms with Gasteiger partial charge in [-0.15, -0.1) is 0 Å². The third-order valence-corrected chi connectivity index (χ3v) is 4.70. The quantitative estimate of drug-likeness (QED) is 0.773. The molecule has 2 amide bonds. The van der Waals surface area contributed by atoms with Crippen LogP contribution in [0, 0.1) is 5.41 Å². The van der Waals surface area contributed by atoms with E-state index in [1.54, 1.807) is 46.1 Å². The van der Waals surface area contributed by atoms with E-state index in [9.17, 15) is 14.4 Å². The highest BCUT2D eigenvalue weighted by molar-refractivity contribution is 5.95. The van der Waals surface area contributed by atoms with E-state index in [0.717, 1.165) is 5.69 Å². The maximum Gasteiger partial charge on any atom is 0.310 e. The number of benzene rings is 1. The van der Waals surface area contributed by atoms with E-state index in [1.807, 2.05) is 11.9 Å². The molecule has 148 valence electrons. The standard InChI is InChI=1S/C19H27N3O5/c1-19(2,18(25)26)11-20-16(23)9-13-10-27-15-7-6-12(17(24)21(3)4)8-14(15)22(13)5/h6-8,13H,9-11H2,1-5H3,(H,20,23)(H,25,26)/t13-/m1/s1. The van der Waals surface area contributed by atoms with Crippen LogP contribution in [0.5, 0.6) is 5.75 Å². The zero-order chi connectivity index (χ0) is 20.4. The Morgan fingerprint density at radius 1 is 1.33 bits per heavy atom. The molecule has 0 fully saturated rings. The van der Waals surface area contributed by atoms with Crippen LogP contribution in [0.25, 0.3) is 0 Å². The summed E-state index contributed by atoms with van der Waals surface area (Å²) in [7, 11) is 5.23. The number of anilines is 1.